The van der Waals surface area contributed by atoms with E-state index >= 15 is 0 Å². The maximum absolute atomic E-state index is 12.1. The zero-order valence-corrected chi connectivity index (χ0v) is 12.6. The Hall–Kier alpha value is -1.60. The number of hydrogen-bond acceptors (Lipinski definition) is 4. The van der Waals surface area contributed by atoms with Crippen molar-refractivity contribution in [3.63, 3.8) is 0 Å². The third-order valence-corrected chi connectivity index (χ3v) is 3.65. The van der Waals surface area contributed by atoms with Gasteiger partial charge in [-0.15, -0.1) is 11.3 Å². The van der Waals surface area contributed by atoms with Crippen LogP contribution in [0.15, 0.2) is 17.5 Å². The molecule has 0 radical (unpaired) electrons. The van der Waals surface area contributed by atoms with Crippen molar-refractivity contribution >= 4 is 23.3 Å². The Labute approximate surface area is 122 Å². The molecule has 2 amide bonds. The highest BCUT2D eigenvalue weighted by atomic mass is 32.1. The van der Waals surface area contributed by atoms with Crippen molar-refractivity contribution in [1.29, 1.82) is 0 Å². The van der Waals surface area contributed by atoms with Crippen molar-refractivity contribution in [2.45, 2.75) is 32.5 Å². The van der Waals surface area contributed by atoms with Crippen LogP contribution in [0.4, 0.5) is 4.79 Å². The van der Waals surface area contributed by atoms with E-state index in [0.717, 1.165) is 4.88 Å². The summed E-state index contributed by atoms with van der Waals surface area (Å²) in [7, 11) is 1.30. The maximum Gasteiger partial charge on any atom is 0.334 e. The minimum absolute atomic E-state index is 0.0166. The highest BCUT2D eigenvalue weighted by Gasteiger charge is 2.21. The van der Waals surface area contributed by atoms with E-state index in [1.54, 1.807) is 16.2 Å². The van der Waals surface area contributed by atoms with Crippen molar-refractivity contribution < 1.29 is 19.4 Å². The number of carboxylic acids is 1. The molecule has 0 spiro atoms. The number of hydrogen-bond donors (Lipinski definition) is 2. The van der Waals surface area contributed by atoms with Gasteiger partial charge >= 0.3 is 12.0 Å². The van der Waals surface area contributed by atoms with Gasteiger partial charge in [0, 0.05) is 18.0 Å². The lowest BCUT2D eigenvalue weighted by molar-refractivity contribution is -0.148. The van der Waals surface area contributed by atoms with Gasteiger partial charge in [0.2, 0.25) is 0 Å². The Balaban J connectivity index is 2.58. The molecule has 1 rings (SSSR count). The Bertz CT molecular complexity index is 434. The minimum atomic E-state index is -1.10. The first-order valence-electron chi connectivity index (χ1n) is 6.28. The number of carbonyl (C=O) groups is 2. The minimum Gasteiger partial charge on any atom is -0.479 e. The van der Waals surface area contributed by atoms with Crippen LogP contribution in [0.3, 0.4) is 0 Å². The van der Waals surface area contributed by atoms with E-state index in [1.807, 2.05) is 31.4 Å². The molecule has 2 N–H and O–H groups in total. The van der Waals surface area contributed by atoms with E-state index in [-0.39, 0.29) is 18.6 Å². The molecule has 0 bridgehead atoms. The van der Waals surface area contributed by atoms with Gasteiger partial charge in [0.1, 0.15) is 0 Å². The largest absolute Gasteiger partial charge is 0.479 e. The molecular weight excluding hydrogens is 280 g/mol. The molecule has 6 nitrogen and oxygen atoms in total. The van der Waals surface area contributed by atoms with E-state index in [4.69, 9.17) is 9.84 Å². The van der Waals surface area contributed by atoms with Gasteiger partial charge in [-0.2, -0.15) is 0 Å². The van der Waals surface area contributed by atoms with Crippen LogP contribution < -0.4 is 5.32 Å². The van der Waals surface area contributed by atoms with E-state index < -0.39 is 12.1 Å². The normalized spacial score (nSPS) is 12.2. The predicted octanol–water partition coefficient (Wildman–Crippen LogP) is 1.77. The van der Waals surface area contributed by atoms with E-state index in [9.17, 15) is 9.59 Å². The number of methoxy groups -OCH3 is 1. The Morgan fingerprint density at radius 2 is 2.20 bits per heavy atom. The molecule has 0 saturated heterocycles. The smallest absolute Gasteiger partial charge is 0.334 e. The highest BCUT2D eigenvalue weighted by Crippen LogP contribution is 2.14. The van der Waals surface area contributed by atoms with E-state index in [0.29, 0.717) is 6.54 Å². The summed E-state index contributed by atoms with van der Waals surface area (Å²) < 4.78 is 4.78. The fraction of sp³-hybridized carbons (Fsp3) is 0.538. The summed E-state index contributed by atoms with van der Waals surface area (Å²) in [4.78, 5) is 25.7. The van der Waals surface area contributed by atoms with Gasteiger partial charge in [0.05, 0.1) is 13.1 Å². The van der Waals surface area contributed by atoms with Gasteiger partial charge < -0.3 is 20.1 Å². The number of urea groups is 1. The van der Waals surface area contributed by atoms with Crippen LogP contribution in [0.25, 0.3) is 0 Å². The number of thiophene rings is 1. The van der Waals surface area contributed by atoms with Crippen LogP contribution in [0.5, 0.6) is 0 Å². The number of carboxylic acid groups (broad SMARTS) is 1. The van der Waals surface area contributed by atoms with Gasteiger partial charge in [-0.05, 0) is 25.3 Å². The summed E-state index contributed by atoms with van der Waals surface area (Å²) in [6.07, 6.45) is -1.03. The van der Waals surface area contributed by atoms with Crippen LogP contribution >= 0.6 is 11.3 Å². The molecule has 0 aliphatic rings. The third kappa shape index (κ3) is 4.82. The number of rotatable bonds is 7. The molecule has 7 heteroatoms. The first-order chi connectivity index (χ1) is 9.45. The van der Waals surface area contributed by atoms with Crippen molar-refractivity contribution in [2.75, 3.05) is 13.7 Å². The topological polar surface area (TPSA) is 78.9 Å². The number of carbonyl (C=O) groups excluding carboxylic acids is 1. The second-order valence-electron chi connectivity index (χ2n) is 4.55. The average molecular weight is 300 g/mol. The Morgan fingerprint density at radius 1 is 1.50 bits per heavy atom. The zero-order chi connectivity index (χ0) is 15.1. The summed E-state index contributed by atoms with van der Waals surface area (Å²) in [5.74, 6) is -1.10. The first kappa shape index (κ1) is 16.5. The highest BCUT2D eigenvalue weighted by molar-refractivity contribution is 7.09. The Morgan fingerprint density at radius 3 is 2.65 bits per heavy atom. The van der Waals surface area contributed by atoms with E-state index in [1.165, 1.54) is 7.11 Å². The molecular formula is C13H20N2O4S. The summed E-state index contributed by atoms with van der Waals surface area (Å²) in [5, 5.41) is 13.4. The van der Waals surface area contributed by atoms with Crippen molar-refractivity contribution in [2.24, 2.45) is 0 Å². The lowest BCUT2D eigenvalue weighted by atomic mass is 10.3. The number of amides is 2. The van der Waals surface area contributed by atoms with Gasteiger partial charge in [0.15, 0.2) is 6.10 Å². The number of aliphatic carboxylic acids is 1. The zero-order valence-electron chi connectivity index (χ0n) is 11.8. The molecule has 0 aliphatic carbocycles. The number of nitrogens with zero attached hydrogens (tertiary/aromatic N) is 1. The van der Waals surface area contributed by atoms with Crippen LogP contribution in [-0.2, 0) is 16.1 Å². The summed E-state index contributed by atoms with van der Waals surface area (Å²) in [6.45, 7) is 4.28. The predicted molar refractivity (Wildman–Crippen MR) is 76.8 cm³/mol. The summed E-state index contributed by atoms with van der Waals surface area (Å²) in [6, 6.07) is 3.62. The molecule has 20 heavy (non-hydrogen) atoms. The summed E-state index contributed by atoms with van der Waals surface area (Å²) >= 11 is 1.58. The fourth-order valence-electron chi connectivity index (χ4n) is 1.61. The lowest BCUT2D eigenvalue weighted by Gasteiger charge is -2.27. The quantitative estimate of drug-likeness (QED) is 0.804. The summed E-state index contributed by atoms with van der Waals surface area (Å²) in [5.41, 5.74) is 0. The average Bonchev–Trinajstić information content (AvgIpc) is 2.88. The van der Waals surface area contributed by atoms with Gasteiger partial charge in [-0.3, -0.25) is 0 Å². The maximum atomic E-state index is 12.1. The molecule has 0 aliphatic heterocycles. The number of ether oxygens (including phenoxy) is 1. The van der Waals surface area contributed by atoms with Crippen molar-refractivity contribution in [3.05, 3.63) is 22.4 Å². The third-order valence-electron chi connectivity index (χ3n) is 2.79. The first-order valence-corrected chi connectivity index (χ1v) is 7.16. The van der Waals surface area contributed by atoms with Gasteiger partial charge in [0.25, 0.3) is 0 Å². The molecule has 1 unspecified atom stereocenters. The standard InChI is InChI=1S/C13H20N2O4S/c1-9(2)15(8-10-5-4-6-20-10)13(18)14-7-11(19-3)12(16)17/h4-6,9,11H,7-8H2,1-3H3,(H,14,18)(H,16,17). The molecule has 1 aromatic heterocycles. The second-order valence-corrected chi connectivity index (χ2v) is 5.58. The number of nitrogens with one attached hydrogen (secondary N) is 1. The van der Waals surface area contributed by atoms with Gasteiger partial charge in [-0.25, -0.2) is 9.59 Å². The molecule has 0 aromatic carbocycles. The second kappa shape index (κ2) is 7.86. The van der Waals surface area contributed by atoms with E-state index in [2.05, 4.69) is 5.32 Å². The van der Waals surface area contributed by atoms with Crippen molar-refractivity contribution in [1.82, 2.24) is 10.2 Å². The molecule has 0 fully saturated rings. The van der Waals surface area contributed by atoms with Crippen LogP contribution in [0.2, 0.25) is 0 Å². The van der Waals surface area contributed by atoms with Crippen LogP contribution in [-0.4, -0.2) is 47.8 Å². The fourth-order valence-corrected chi connectivity index (χ4v) is 2.32. The van der Waals surface area contributed by atoms with Crippen LogP contribution in [0.1, 0.15) is 18.7 Å². The Kier molecular flexibility index (Phi) is 6.47. The lowest BCUT2D eigenvalue weighted by Crippen LogP contribution is -2.47. The van der Waals surface area contributed by atoms with Crippen molar-refractivity contribution in [3.8, 4) is 0 Å². The molecule has 1 aromatic rings. The SMILES string of the molecule is COC(CNC(=O)N(Cc1cccs1)C(C)C)C(=O)O. The molecule has 1 heterocycles. The van der Waals surface area contributed by atoms with Gasteiger partial charge in [-0.1, -0.05) is 6.07 Å². The molecule has 112 valence electrons. The monoisotopic (exact) mass is 300 g/mol. The van der Waals surface area contributed by atoms with Crippen LogP contribution in [0, 0.1) is 0 Å². The molecule has 1 atom stereocenters. The molecule has 0 saturated carbocycles.